The molecule has 0 N–H and O–H groups in total. The van der Waals surface area contributed by atoms with Crippen LogP contribution in [0.15, 0.2) is 103 Å². The molecule has 42 heavy (non-hydrogen) atoms. The van der Waals surface area contributed by atoms with Gasteiger partial charge in [-0.25, -0.2) is 0 Å². The van der Waals surface area contributed by atoms with Crippen molar-refractivity contribution in [3.05, 3.63) is 131 Å². The van der Waals surface area contributed by atoms with Crippen LogP contribution < -0.4 is 9.64 Å². The first-order chi connectivity index (χ1) is 20.7. The highest BCUT2D eigenvalue weighted by molar-refractivity contribution is 5.79. The van der Waals surface area contributed by atoms with Crippen molar-refractivity contribution >= 4 is 11.5 Å². The number of fused-ring (bicyclic) bond motifs is 1. The van der Waals surface area contributed by atoms with Crippen molar-refractivity contribution in [1.82, 2.24) is 0 Å². The Morgan fingerprint density at radius 2 is 1.40 bits per heavy atom. The SMILES string of the molecule is O=C1CCC2(CC1)CCN(c1ccc([C@@H]3c4ccc(OCc5ccccc5)cc4CC[C@@H]3c3ccccc3)cc1)CC2. The van der Waals surface area contributed by atoms with E-state index in [9.17, 15) is 4.79 Å². The summed E-state index contributed by atoms with van der Waals surface area (Å²) in [6.07, 6.45) is 8.39. The lowest BCUT2D eigenvalue weighted by atomic mass is 9.67. The van der Waals surface area contributed by atoms with E-state index in [1.54, 1.807) is 0 Å². The Balaban J connectivity index is 1.12. The molecule has 7 rings (SSSR count). The molecule has 4 aromatic carbocycles. The van der Waals surface area contributed by atoms with E-state index in [0.717, 1.165) is 57.4 Å². The molecule has 2 aliphatic carbocycles. The quantitative estimate of drug-likeness (QED) is 0.238. The third-order valence-corrected chi connectivity index (χ3v) is 10.4. The number of ether oxygens (including phenoxy) is 1. The van der Waals surface area contributed by atoms with Crippen molar-refractivity contribution < 1.29 is 9.53 Å². The van der Waals surface area contributed by atoms with Gasteiger partial charge in [0.2, 0.25) is 0 Å². The number of carbonyl (C=O) groups is 1. The van der Waals surface area contributed by atoms with Crippen LogP contribution in [0.2, 0.25) is 0 Å². The Kier molecular flexibility index (Phi) is 7.59. The number of hydrogen-bond acceptors (Lipinski definition) is 3. The van der Waals surface area contributed by atoms with Gasteiger partial charge in [0.15, 0.2) is 0 Å². The van der Waals surface area contributed by atoms with Crippen LogP contribution in [-0.2, 0) is 17.8 Å². The van der Waals surface area contributed by atoms with Crippen molar-refractivity contribution in [1.29, 1.82) is 0 Å². The lowest BCUT2D eigenvalue weighted by Gasteiger charge is -2.44. The van der Waals surface area contributed by atoms with E-state index < -0.39 is 0 Å². The monoisotopic (exact) mass is 555 g/mol. The van der Waals surface area contributed by atoms with Crippen LogP contribution in [-0.4, -0.2) is 18.9 Å². The molecule has 0 aromatic heterocycles. The largest absolute Gasteiger partial charge is 0.489 e. The van der Waals surface area contributed by atoms with Gasteiger partial charge in [-0.05, 0) is 102 Å². The molecule has 2 fully saturated rings. The molecule has 1 aliphatic heterocycles. The van der Waals surface area contributed by atoms with Gasteiger partial charge < -0.3 is 9.64 Å². The van der Waals surface area contributed by atoms with Crippen LogP contribution in [0.5, 0.6) is 5.75 Å². The molecule has 214 valence electrons. The van der Waals surface area contributed by atoms with E-state index in [1.807, 2.05) is 6.07 Å². The fourth-order valence-corrected chi connectivity index (χ4v) is 7.79. The number of carbonyl (C=O) groups excluding carboxylic acids is 1. The van der Waals surface area contributed by atoms with Crippen LogP contribution in [0, 0.1) is 5.41 Å². The second-order valence-corrected chi connectivity index (χ2v) is 12.8. The van der Waals surface area contributed by atoms with E-state index in [4.69, 9.17) is 4.74 Å². The van der Waals surface area contributed by atoms with Crippen LogP contribution >= 0.6 is 0 Å². The summed E-state index contributed by atoms with van der Waals surface area (Å²) in [5.41, 5.74) is 8.59. The standard InChI is InChI=1S/C39H41NO2/c41-34-19-21-39(22-20-34)23-25-40(26-24-39)33-14-11-31(12-15-33)38-36(30-9-5-2-6-10-30)17-13-32-27-35(16-18-37(32)38)42-28-29-7-3-1-4-8-29/h1-12,14-16,18,27,36,38H,13,17,19-26,28H2/t36-,38+/m1/s1. The molecule has 1 spiro atoms. The molecule has 0 unspecified atom stereocenters. The molecule has 1 saturated carbocycles. The Bertz CT molecular complexity index is 1490. The fraction of sp³-hybridized carbons (Fsp3) is 0.359. The molecular weight excluding hydrogens is 514 g/mol. The molecule has 3 heteroatoms. The number of benzene rings is 4. The zero-order valence-corrected chi connectivity index (χ0v) is 24.5. The van der Waals surface area contributed by atoms with Gasteiger partial charge in [0.25, 0.3) is 0 Å². The van der Waals surface area contributed by atoms with Crippen LogP contribution in [0.1, 0.15) is 84.6 Å². The predicted molar refractivity (Wildman–Crippen MR) is 170 cm³/mol. The third kappa shape index (κ3) is 5.62. The first kappa shape index (κ1) is 27.0. The molecule has 1 saturated heterocycles. The number of ketones is 1. The summed E-state index contributed by atoms with van der Waals surface area (Å²) < 4.78 is 6.22. The lowest BCUT2D eigenvalue weighted by Crippen LogP contribution is -2.42. The fourth-order valence-electron chi connectivity index (χ4n) is 7.79. The number of nitrogens with zero attached hydrogens (tertiary/aromatic N) is 1. The van der Waals surface area contributed by atoms with Crippen LogP contribution in [0.4, 0.5) is 5.69 Å². The predicted octanol–water partition coefficient (Wildman–Crippen LogP) is 8.86. The summed E-state index contributed by atoms with van der Waals surface area (Å²) in [4.78, 5) is 14.4. The van der Waals surface area contributed by atoms with E-state index in [-0.39, 0.29) is 0 Å². The Hall–Kier alpha value is -3.85. The van der Waals surface area contributed by atoms with Crippen molar-refractivity contribution in [3.8, 4) is 5.75 Å². The van der Waals surface area contributed by atoms with Gasteiger partial charge in [0.1, 0.15) is 18.1 Å². The minimum absolute atomic E-state index is 0.317. The first-order valence-electron chi connectivity index (χ1n) is 15.9. The summed E-state index contributed by atoms with van der Waals surface area (Å²) >= 11 is 0. The van der Waals surface area contributed by atoms with Crippen molar-refractivity contribution in [2.45, 2.75) is 69.8 Å². The Labute approximate surface area is 250 Å². The van der Waals surface area contributed by atoms with E-state index in [2.05, 4.69) is 102 Å². The van der Waals surface area contributed by atoms with Crippen molar-refractivity contribution in [2.24, 2.45) is 5.41 Å². The maximum atomic E-state index is 11.8. The van der Waals surface area contributed by atoms with Crippen molar-refractivity contribution in [3.63, 3.8) is 0 Å². The Morgan fingerprint density at radius 1 is 0.714 bits per heavy atom. The average Bonchev–Trinajstić information content (AvgIpc) is 3.06. The summed E-state index contributed by atoms with van der Waals surface area (Å²) in [5, 5.41) is 0. The zero-order valence-electron chi connectivity index (χ0n) is 24.5. The van der Waals surface area contributed by atoms with E-state index >= 15 is 0 Å². The molecule has 0 bridgehead atoms. The van der Waals surface area contributed by atoms with Crippen LogP contribution in [0.25, 0.3) is 0 Å². The molecule has 3 nitrogen and oxygen atoms in total. The number of Topliss-reactive ketones (excluding diaryl/α,β-unsaturated/α-hetero) is 1. The van der Waals surface area contributed by atoms with E-state index in [0.29, 0.717) is 29.6 Å². The van der Waals surface area contributed by atoms with Gasteiger partial charge in [-0.3, -0.25) is 4.79 Å². The summed E-state index contributed by atoms with van der Waals surface area (Å²) in [7, 11) is 0. The number of rotatable bonds is 6. The number of anilines is 1. The molecule has 4 aromatic rings. The third-order valence-electron chi connectivity index (χ3n) is 10.4. The number of aryl methyl sites for hydroxylation is 1. The second-order valence-electron chi connectivity index (χ2n) is 12.8. The Morgan fingerprint density at radius 3 is 2.12 bits per heavy atom. The van der Waals surface area contributed by atoms with Gasteiger partial charge in [-0.1, -0.05) is 78.9 Å². The number of piperidine rings is 1. The molecule has 3 aliphatic rings. The molecule has 1 heterocycles. The summed E-state index contributed by atoms with van der Waals surface area (Å²) in [6, 6.07) is 37.7. The zero-order chi connectivity index (χ0) is 28.4. The highest BCUT2D eigenvalue weighted by atomic mass is 16.5. The highest BCUT2D eigenvalue weighted by Gasteiger charge is 2.38. The van der Waals surface area contributed by atoms with Crippen molar-refractivity contribution in [2.75, 3.05) is 18.0 Å². The maximum absolute atomic E-state index is 11.8. The van der Waals surface area contributed by atoms with Gasteiger partial charge >= 0.3 is 0 Å². The minimum atomic E-state index is 0.317. The van der Waals surface area contributed by atoms with Gasteiger partial charge in [0.05, 0.1) is 0 Å². The molecule has 0 radical (unpaired) electrons. The molecular formula is C39H41NO2. The highest BCUT2D eigenvalue weighted by Crippen LogP contribution is 2.48. The summed E-state index contributed by atoms with van der Waals surface area (Å²) in [6.45, 7) is 2.78. The topological polar surface area (TPSA) is 29.5 Å². The second kappa shape index (κ2) is 11.8. The van der Waals surface area contributed by atoms with Crippen LogP contribution in [0.3, 0.4) is 0 Å². The number of hydrogen-bond donors (Lipinski definition) is 0. The smallest absolute Gasteiger partial charge is 0.132 e. The molecule has 2 atom stereocenters. The first-order valence-corrected chi connectivity index (χ1v) is 15.9. The lowest BCUT2D eigenvalue weighted by molar-refractivity contribution is -0.122. The van der Waals surface area contributed by atoms with Gasteiger partial charge in [0, 0.05) is 37.5 Å². The average molecular weight is 556 g/mol. The minimum Gasteiger partial charge on any atom is -0.489 e. The van der Waals surface area contributed by atoms with Gasteiger partial charge in [-0.15, -0.1) is 0 Å². The molecule has 0 amide bonds. The normalized spacial score (nSPS) is 21.6. The van der Waals surface area contributed by atoms with Gasteiger partial charge in [-0.2, -0.15) is 0 Å². The van der Waals surface area contributed by atoms with E-state index in [1.165, 1.54) is 46.3 Å². The summed E-state index contributed by atoms with van der Waals surface area (Å²) in [5.74, 6) is 2.19. The maximum Gasteiger partial charge on any atom is 0.132 e.